The van der Waals surface area contributed by atoms with Gasteiger partial charge >= 0.3 is 6.18 Å². The second kappa shape index (κ2) is 7.26. The highest BCUT2D eigenvalue weighted by Crippen LogP contribution is 2.15. The Labute approximate surface area is 124 Å². The van der Waals surface area contributed by atoms with Gasteiger partial charge in [0, 0.05) is 18.3 Å². The van der Waals surface area contributed by atoms with Gasteiger partial charge in [-0.1, -0.05) is 0 Å². The molecule has 1 heterocycles. The van der Waals surface area contributed by atoms with E-state index in [1.165, 1.54) is 11.9 Å². The summed E-state index contributed by atoms with van der Waals surface area (Å²) in [5, 5.41) is 7.52. The maximum atomic E-state index is 12.1. The van der Waals surface area contributed by atoms with Gasteiger partial charge < -0.3 is 5.32 Å². The highest BCUT2D eigenvalue weighted by molar-refractivity contribution is 5.04. The Hall–Kier alpha value is -1.08. The van der Waals surface area contributed by atoms with Crippen LogP contribution in [0.1, 0.15) is 32.8 Å². The lowest BCUT2D eigenvalue weighted by atomic mass is 10.1. The van der Waals surface area contributed by atoms with Gasteiger partial charge in [0.25, 0.3) is 0 Å². The van der Waals surface area contributed by atoms with E-state index in [-0.39, 0.29) is 5.54 Å². The summed E-state index contributed by atoms with van der Waals surface area (Å²) in [6, 6.07) is 0. The van der Waals surface area contributed by atoms with E-state index in [2.05, 4.69) is 31.2 Å². The Morgan fingerprint density at radius 1 is 1.29 bits per heavy atom. The van der Waals surface area contributed by atoms with E-state index in [9.17, 15) is 13.2 Å². The van der Waals surface area contributed by atoms with Crippen LogP contribution in [-0.2, 0) is 12.1 Å². The molecule has 1 N–H and O–H groups in total. The molecule has 1 aromatic rings. The Balaban J connectivity index is 2.19. The fraction of sp³-hybridized carbons (Fsp3) is 0.786. The van der Waals surface area contributed by atoms with Gasteiger partial charge in [-0.25, -0.2) is 0 Å². The average molecular weight is 306 g/mol. The molecule has 0 unspecified atom stereocenters. The Bertz CT molecular complexity index is 421. The molecule has 0 bridgehead atoms. The topological polar surface area (TPSA) is 33.1 Å². The first-order chi connectivity index (χ1) is 9.58. The molecule has 0 radical (unpaired) electrons. The van der Waals surface area contributed by atoms with Gasteiger partial charge in [-0.3, -0.25) is 9.58 Å². The van der Waals surface area contributed by atoms with Crippen molar-refractivity contribution in [2.24, 2.45) is 0 Å². The molecule has 0 amide bonds. The van der Waals surface area contributed by atoms with Crippen molar-refractivity contribution >= 4 is 0 Å². The maximum absolute atomic E-state index is 12.1. The predicted octanol–water partition coefficient (Wildman–Crippen LogP) is 2.61. The smallest absolute Gasteiger partial charge is 0.313 e. The van der Waals surface area contributed by atoms with Crippen molar-refractivity contribution in [3.05, 3.63) is 18.0 Å². The molecule has 21 heavy (non-hydrogen) atoms. The van der Waals surface area contributed by atoms with Gasteiger partial charge in [0.15, 0.2) is 0 Å². The monoisotopic (exact) mass is 306 g/mol. The van der Waals surface area contributed by atoms with Crippen LogP contribution in [0, 0.1) is 0 Å². The molecule has 4 nitrogen and oxygen atoms in total. The SMILES string of the molecule is CN(CCCNCc1cnn(C(C)(C)C)c1)CC(F)(F)F. The summed E-state index contributed by atoms with van der Waals surface area (Å²) >= 11 is 0. The second-order valence-corrected chi connectivity index (χ2v) is 6.35. The van der Waals surface area contributed by atoms with Crippen molar-refractivity contribution in [2.75, 3.05) is 26.7 Å². The van der Waals surface area contributed by atoms with Crippen LogP contribution in [0.25, 0.3) is 0 Å². The fourth-order valence-electron chi connectivity index (χ4n) is 1.91. The lowest BCUT2D eigenvalue weighted by Crippen LogP contribution is -2.32. The number of rotatable bonds is 7. The number of nitrogens with one attached hydrogen (secondary N) is 1. The first kappa shape index (κ1) is 18.0. The lowest BCUT2D eigenvalue weighted by Gasteiger charge is -2.19. The van der Waals surface area contributed by atoms with E-state index in [0.717, 1.165) is 5.56 Å². The molecule has 1 aromatic heterocycles. The number of aromatic nitrogens is 2. The summed E-state index contributed by atoms with van der Waals surface area (Å²) in [4.78, 5) is 1.29. The van der Waals surface area contributed by atoms with Gasteiger partial charge in [0.2, 0.25) is 0 Å². The minimum absolute atomic E-state index is 0.0431. The van der Waals surface area contributed by atoms with E-state index in [1.54, 1.807) is 0 Å². The third-order valence-corrected chi connectivity index (χ3v) is 3.00. The summed E-state index contributed by atoms with van der Waals surface area (Å²) < 4.78 is 38.3. The van der Waals surface area contributed by atoms with E-state index in [4.69, 9.17) is 0 Å². The van der Waals surface area contributed by atoms with Crippen LogP contribution in [0.5, 0.6) is 0 Å². The van der Waals surface area contributed by atoms with Crippen LogP contribution in [-0.4, -0.2) is 47.5 Å². The number of nitrogens with zero attached hydrogens (tertiary/aromatic N) is 3. The Kier molecular flexibility index (Phi) is 6.22. The molecule has 0 spiro atoms. The minimum atomic E-state index is -4.12. The number of alkyl halides is 3. The molecule has 122 valence electrons. The molecule has 0 aliphatic heterocycles. The molecule has 0 aromatic carbocycles. The normalized spacial score (nSPS) is 13.1. The van der Waals surface area contributed by atoms with Crippen molar-refractivity contribution in [3.8, 4) is 0 Å². The van der Waals surface area contributed by atoms with Crippen LogP contribution < -0.4 is 5.32 Å². The Morgan fingerprint density at radius 2 is 1.95 bits per heavy atom. The molecule has 0 atom stereocenters. The first-order valence-electron chi connectivity index (χ1n) is 7.08. The first-order valence-corrected chi connectivity index (χ1v) is 7.08. The van der Waals surface area contributed by atoms with Crippen LogP contribution in [0.3, 0.4) is 0 Å². The van der Waals surface area contributed by atoms with Crippen LogP contribution in [0.4, 0.5) is 13.2 Å². The maximum Gasteiger partial charge on any atom is 0.401 e. The molecule has 0 aliphatic carbocycles. The van der Waals surface area contributed by atoms with Gasteiger partial charge in [-0.05, 0) is 47.3 Å². The minimum Gasteiger partial charge on any atom is -0.313 e. The molecule has 0 aliphatic rings. The van der Waals surface area contributed by atoms with Gasteiger partial charge in [0.05, 0.1) is 18.3 Å². The summed E-state index contributed by atoms with van der Waals surface area (Å²) in [7, 11) is 1.49. The highest BCUT2D eigenvalue weighted by Gasteiger charge is 2.28. The van der Waals surface area contributed by atoms with Crippen molar-refractivity contribution in [3.63, 3.8) is 0 Å². The zero-order valence-corrected chi connectivity index (χ0v) is 13.2. The zero-order valence-electron chi connectivity index (χ0n) is 13.2. The van der Waals surface area contributed by atoms with Crippen LogP contribution in [0.2, 0.25) is 0 Å². The third-order valence-electron chi connectivity index (χ3n) is 3.00. The van der Waals surface area contributed by atoms with Gasteiger partial charge in [-0.15, -0.1) is 0 Å². The molecular weight excluding hydrogens is 281 g/mol. The number of halogens is 3. The summed E-state index contributed by atoms with van der Waals surface area (Å²) in [6.07, 6.45) is 0.362. The van der Waals surface area contributed by atoms with E-state index in [1.807, 2.05) is 17.1 Å². The summed E-state index contributed by atoms with van der Waals surface area (Å²) in [6.45, 7) is 7.16. The van der Waals surface area contributed by atoms with Crippen molar-refractivity contribution in [1.29, 1.82) is 0 Å². The molecular formula is C14H25F3N4. The number of hydrogen-bond donors (Lipinski definition) is 1. The van der Waals surface area contributed by atoms with Crippen LogP contribution in [0.15, 0.2) is 12.4 Å². The van der Waals surface area contributed by atoms with Gasteiger partial charge in [-0.2, -0.15) is 18.3 Å². The molecule has 0 saturated carbocycles. The Morgan fingerprint density at radius 3 is 2.48 bits per heavy atom. The van der Waals surface area contributed by atoms with Gasteiger partial charge in [0.1, 0.15) is 0 Å². The van der Waals surface area contributed by atoms with Crippen molar-refractivity contribution in [1.82, 2.24) is 20.0 Å². The van der Waals surface area contributed by atoms with Crippen LogP contribution >= 0.6 is 0 Å². The molecule has 0 fully saturated rings. The third kappa shape index (κ3) is 7.47. The lowest BCUT2D eigenvalue weighted by molar-refractivity contribution is -0.143. The predicted molar refractivity (Wildman–Crippen MR) is 77.1 cm³/mol. The number of hydrogen-bond acceptors (Lipinski definition) is 3. The highest BCUT2D eigenvalue weighted by atomic mass is 19.4. The van der Waals surface area contributed by atoms with E-state index in [0.29, 0.717) is 26.1 Å². The average Bonchev–Trinajstić information content (AvgIpc) is 2.74. The van der Waals surface area contributed by atoms with Crippen molar-refractivity contribution < 1.29 is 13.2 Å². The second-order valence-electron chi connectivity index (χ2n) is 6.35. The van der Waals surface area contributed by atoms with Crippen molar-refractivity contribution in [2.45, 2.75) is 45.5 Å². The van der Waals surface area contributed by atoms with E-state index < -0.39 is 12.7 Å². The molecule has 1 rings (SSSR count). The summed E-state index contributed by atoms with van der Waals surface area (Å²) in [5.74, 6) is 0. The summed E-state index contributed by atoms with van der Waals surface area (Å²) in [5.41, 5.74) is 1.03. The van der Waals surface area contributed by atoms with E-state index >= 15 is 0 Å². The largest absolute Gasteiger partial charge is 0.401 e. The molecule has 0 saturated heterocycles. The zero-order chi connectivity index (χ0) is 16.1. The fourth-order valence-corrected chi connectivity index (χ4v) is 1.91. The standard InChI is InChI=1S/C14H25F3N4/c1-13(2,3)21-10-12(9-19-21)8-18-6-5-7-20(4)11-14(15,16)17/h9-10,18H,5-8,11H2,1-4H3. The molecule has 7 heteroatoms. The quantitative estimate of drug-likeness (QED) is 0.786.